The van der Waals surface area contributed by atoms with E-state index in [4.69, 9.17) is 5.73 Å². The number of hydrogen-bond donors (Lipinski definition) is 1. The van der Waals surface area contributed by atoms with Gasteiger partial charge in [-0.2, -0.15) is 0 Å². The minimum absolute atomic E-state index is 0.0527. The highest BCUT2D eigenvalue weighted by Gasteiger charge is 2.32. The summed E-state index contributed by atoms with van der Waals surface area (Å²) in [5.41, 5.74) is 6.01. The van der Waals surface area contributed by atoms with Crippen LogP contribution in [0, 0.1) is 5.92 Å². The first-order valence-corrected chi connectivity index (χ1v) is 8.97. The van der Waals surface area contributed by atoms with Crippen LogP contribution < -0.4 is 5.73 Å². The fraction of sp³-hybridized carbons (Fsp3) is 0.882. The number of hydrogen-bond acceptors (Lipinski definition) is 4. The van der Waals surface area contributed by atoms with Crippen molar-refractivity contribution >= 4 is 11.8 Å². The van der Waals surface area contributed by atoms with Crippen molar-refractivity contribution < 1.29 is 9.59 Å². The third-order valence-electron chi connectivity index (χ3n) is 4.99. The maximum Gasteiger partial charge on any atom is 0.239 e. The first kappa shape index (κ1) is 18.2. The molecule has 0 aromatic carbocycles. The predicted octanol–water partition coefficient (Wildman–Crippen LogP) is 0.515. The van der Waals surface area contributed by atoms with E-state index in [2.05, 4.69) is 18.7 Å². The van der Waals surface area contributed by atoms with Gasteiger partial charge in [-0.05, 0) is 32.1 Å². The number of likely N-dealkylation sites (tertiary alicyclic amines) is 1. The van der Waals surface area contributed by atoms with E-state index in [1.165, 1.54) is 0 Å². The van der Waals surface area contributed by atoms with Gasteiger partial charge in [0, 0.05) is 39.3 Å². The topological polar surface area (TPSA) is 69.9 Å². The Morgan fingerprint density at radius 3 is 1.91 bits per heavy atom. The number of carbonyl (C=O) groups is 2. The van der Waals surface area contributed by atoms with Gasteiger partial charge in [0.1, 0.15) is 0 Å². The van der Waals surface area contributed by atoms with E-state index in [1.54, 1.807) is 0 Å². The maximum absolute atomic E-state index is 12.5. The number of piperazine rings is 1. The fourth-order valence-corrected chi connectivity index (χ4v) is 3.53. The van der Waals surface area contributed by atoms with Crippen molar-refractivity contribution in [3.63, 3.8) is 0 Å². The molecule has 0 spiro atoms. The number of nitrogens with two attached hydrogens (primary N) is 1. The van der Waals surface area contributed by atoms with E-state index < -0.39 is 6.04 Å². The van der Waals surface area contributed by atoms with Gasteiger partial charge in [-0.15, -0.1) is 0 Å². The van der Waals surface area contributed by atoms with Gasteiger partial charge < -0.3 is 15.5 Å². The lowest BCUT2D eigenvalue weighted by atomic mass is 10.0. The summed E-state index contributed by atoms with van der Waals surface area (Å²) in [6, 6.07) is -0.486. The van der Waals surface area contributed by atoms with Crippen molar-refractivity contribution in [2.75, 3.05) is 39.3 Å². The molecule has 0 aliphatic carbocycles. The molecule has 2 saturated heterocycles. The molecule has 0 radical (unpaired) electrons. The molecule has 23 heavy (non-hydrogen) atoms. The van der Waals surface area contributed by atoms with E-state index in [0.717, 1.165) is 45.4 Å². The number of carbonyl (C=O) groups excluding carboxylic acids is 2. The van der Waals surface area contributed by atoms with E-state index >= 15 is 0 Å². The van der Waals surface area contributed by atoms with Gasteiger partial charge in [0.15, 0.2) is 0 Å². The summed E-state index contributed by atoms with van der Waals surface area (Å²) < 4.78 is 0. The van der Waals surface area contributed by atoms with Gasteiger partial charge in [-0.3, -0.25) is 14.5 Å². The van der Waals surface area contributed by atoms with E-state index in [9.17, 15) is 9.59 Å². The van der Waals surface area contributed by atoms with Gasteiger partial charge >= 0.3 is 0 Å². The molecule has 0 bridgehead atoms. The van der Waals surface area contributed by atoms with Gasteiger partial charge in [-0.25, -0.2) is 0 Å². The summed E-state index contributed by atoms with van der Waals surface area (Å²) >= 11 is 0. The van der Waals surface area contributed by atoms with Crippen molar-refractivity contribution in [3.8, 4) is 0 Å². The third-order valence-corrected chi connectivity index (χ3v) is 4.99. The van der Waals surface area contributed by atoms with Crippen molar-refractivity contribution in [1.82, 2.24) is 14.7 Å². The van der Waals surface area contributed by atoms with E-state index in [0.29, 0.717) is 19.0 Å². The summed E-state index contributed by atoms with van der Waals surface area (Å²) in [6.45, 7) is 10.8. The Labute approximate surface area is 140 Å². The quantitative estimate of drug-likeness (QED) is 0.800. The molecular weight excluding hydrogens is 292 g/mol. The zero-order valence-electron chi connectivity index (χ0n) is 14.8. The zero-order valence-corrected chi connectivity index (χ0v) is 14.8. The number of amides is 2. The van der Waals surface area contributed by atoms with Crippen LogP contribution in [-0.2, 0) is 9.59 Å². The highest BCUT2D eigenvalue weighted by molar-refractivity contribution is 5.82. The summed E-state index contributed by atoms with van der Waals surface area (Å²) in [7, 11) is 0. The van der Waals surface area contributed by atoms with Crippen molar-refractivity contribution in [1.29, 1.82) is 0 Å². The largest absolute Gasteiger partial charge is 0.341 e. The van der Waals surface area contributed by atoms with Crippen LogP contribution in [0.2, 0.25) is 0 Å². The summed E-state index contributed by atoms with van der Waals surface area (Å²) in [5.74, 6) is 0.712. The van der Waals surface area contributed by atoms with Crippen molar-refractivity contribution in [2.45, 2.75) is 52.1 Å². The zero-order chi connectivity index (χ0) is 17.0. The highest BCUT2D eigenvalue weighted by atomic mass is 16.2. The van der Waals surface area contributed by atoms with Crippen LogP contribution in [-0.4, -0.2) is 77.9 Å². The van der Waals surface area contributed by atoms with Crippen LogP contribution in [0.3, 0.4) is 0 Å². The molecule has 0 aromatic rings. The second-order valence-electron chi connectivity index (χ2n) is 7.31. The molecule has 2 rings (SSSR count). The molecule has 6 nitrogen and oxygen atoms in total. The standard InChI is InChI=1S/C17H32N4O2/c1-13(2)12-15(18)17(23)21-10-8-19(9-11-21)14(3)16(22)20-6-4-5-7-20/h13-15H,4-12,18H2,1-3H3/t14?,15-/m0/s1. The van der Waals surface area contributed by atoms with Crippen LogP contribution in [0.4, 0.5) is 0 Å². The van der Waals surface area contributed by atoms with Gasteiger partial charge in [0.05, 0.1) is 12.1 Å². The average Bonchev–Trinajstić information content (AvgIpc) is 3.06. The van der Waals surface area contributed by atoms with Crippen LogP contribution >= 0.6 is 0 Å². The van der Waals surface area contributed by atoms with Crippen molar-refractivity contribution in [3.05, 3.63) is 0 Å². The van der Waals surface area contributed by atoms with Crippen LogP contribution in [0.1, 0.15) is 40.0 Å². The molecule has 2 N–H and O–H groups in total. The fourth-order valence-electron chi connectivity index (χ4n) is 3.53. The molecule has 0 aromatic heterocycles. The molecule has 2 heterocycles. The molecule has 2 atom stereocenters. The summed E-state index contributed by atoms with van der Waals surface area (Å²) in [4.78, 5) is 30.9. The second-order valence-corrected chi connectivity index (χ2v) is 7.31. The SMILES string of the molecule is CC(C)C[C@H](N)C(=O)N1CCN(C(C)C(=O)N2CCCC2)CC1. The van der Waals surface area contributed by atoms with Crippen molar-refractivity contribution in [2.24, 2.45) is 11.7 Å². The minimum Gasteiger partial charge on any atom is -0.341 e. The highest BCUT2D eigenvalue weighted by Crippen LogP contribution is 2.15. The Morgan fingerprint density at radius 1 is 0.870 bits per heavy atom. The molecule has 6 heteroatoms. The molecule has 0 saturated carbocycles. The Balaban J connectivity index is 1.80. The maximum atomic E-state index is 12.5. The number of rotatable bonds is 5. The van der Waals surface area contributed by atoms with Crippen LogP contribution in [0.25, 0.3) is 0 Å². The first-order valence-electron chi connectivity index (χ1n) is 8.97. The lowest BCUT2D eigenvalue weighted by molar-refractivity contribution is -0.138. The molecule has 1 unspecified atom stereocenters. The smallest absolute Gasteiger partial charge is 0.239 e. The molecule has 2 amide bonds. The van der Waals surface area contributed by atoms with E-state index in [-0.39, 0.29) is 17.9 Å². The third kappa shape index (κ3) is 4.67. The summed E-state index contributed by atoms with van der Waals surface area (Å²) in [6.07, 6.45) is 2.96. The minimum atomic E-state index is -0.398. The Bertz CT molecular complexity index is 413. The molecule has 132 valence electrons. The predicted molar refractivity (Wildman–Crippen MR) is 90.9 cm³/mol. The second kappa shape index (κ2) is 8.11. The lowest BCUT2D eigenvalue weighted by Crippen LogP contribution is -2.57. The average molecular weight is 324 g/mol. The van der Waals surface area contributed by atoms with E-state index in [1.807, 2.05) is 16.7 Å². The molecule has 2 fully saturated rings. The van der Waals surface area contributed by atoms with Gasteiger partial charge in [0.2, 0.25) is 11.8 Å². The van der Waals surface area contributed by atoms with Gasteiger partial charge in [-0.1, -0.05) is 13.8 Å². The monoisotopic (exact) mass is 324 g/mol. The Hall–Kier alpha value is -1.14. The first-order chi connectivity index (χ1) is 10.9. The van der Waals surface area contributed by atoms with Gasteiger partial charge in [0.25, 0.3) is 0 Å². The molecular formula is C17H32N4O2. The molecule has 2 aliphatic heterocycles. The summed E-state index contributed by atoms with van der Waals surface area (Å²) in [5, 5.41) is 0. The Kier molecular flexibility index (Phi) is 6.41. The number of nitrogens with zero attached hydrogens (tertiary/aromatic N) is 3. The van der Waals surface area contributed by atoms with Crippen LogP contribution in [0.15, 0.2) is 0 Å². The normalized spacial score (nSPS) is 22.5. The lowest BCUT2D eigenvalue weighted by Gasteiger charge is -2.39. The Morgan fingerprint density at radius 2 is 1.39 bits per heavy atom. The van der Waals surface area contributed by atoms with Crippen LogP contribution in [0.5, 0.6) is 0 Å². The molecule has 2 aliphatic rings.